The molecule has 0 aromatic heterocycles. The van der Waals surface area contributed by atoms with E-state index in [-0.39, 0.29) is 6.61 Å². The summed E-state index contributed by atoms with van der Waals surface area (Å²) in [5.41, 5.74) is 7.50. The van der Waals surface area contributed by atoms with Crippen LogP contribution in [0.4, 0.5) is 11.4 Å². The number of rotatable bonds is 2. The summed E-state index contributed by atoms with van der Waals surface area (Å²) in [6.45, 7) is 5.39. The maximum absolute atomic E-state index is 9.29. The minimum absolute atomic E-state index is 0.113. The van der Waals surface area contributed by atoms with E-state index in [9.17, 15) is 5.11 Å². The first-order valence-corrected chi connectivity index (χ1v) is 7.26. The molecule has 1 aliphatic heterocycles. The van der Waals surface area contributed by atoms with Crippen molar-refractivity contribution in [1.29, 1.82) is 0 Å². The Bertz CT molecular complexity index is 633. The summed E-state index contributed by atoms with van der Waals surface area (Å²) < 4.78 is 0. The quantitative estimate of drug-likeness (QED) is 0.892. The lowest BCUT2D eigenvalue weighted by Crippen LogP contribution is -2.24. The van der Waals surface area contributed by atoms with Gasteiger partial charge in [0.1, 0.15) is 0 Å². The van der Waals surface area contributed by atoms with Gasteiger partial charge in [0.05, 0.1) is 6.61 Å². The molecule has 0 radical (unpaired) electrons. The van der Waals surface area contributed by atoms with Gasteiger partial charge in [-0.15, -0.1) is 0 Å². The lowest BCUT2D eigenvalue weighted by molar-refractivity contribution is 0.281. The Hall–Kier alpha value is -1.80. The molecule has 0 saturated carbocycles. The van der Waals surface area contributed by atoms with Crippen molar-refractivity contribution in [3.63, 3.8) is 0 Å². The molecule has 0 unspecified atom stereocenters. The average Bonchev–Trinajstić information content (AvgIpc) is 2.46. The zero-order valence-corrected chi connectivity index (χ0v) is 12.2. The normalized spacial score (nSPS) is 14.2. The van der Waals surface area contributed by atoms with Crippen LogP contribution in [0.3, 0.4) is 0 Å². The molecule has 0 bridgehead atoms. The molecule has 2 heteroatoms. The first-order valence-electron chi connectivity index (χ1n) is 7.26. The van der Waals surface area contributed by atoms with E-state index >= 15 is 0 Å². The summed E-state index contributed by atoms with van der Waals surface area (Å²) in [6.07, 6.45) is 2.36. The van der Waals surface area contributed by atoms with Gasteiger partial charge in [-0.2, -0.15) is 0 Å². The maximum atomic E-state index is 9.29. The van der Waals surface area contributed by atoms with Crippen LogP contribution in [-0.2, 0) is 13.0 Å². The Labute approximate surface area is 120 Å². The van der Waals surface area contributed by atoms with E-state index in [2.05, 4.69) is 49.1 Å². The Balaban J connectivity index is 2.02. The number of aryl methyl sites for hydroxylation is 3. The molecule has 1 aliphatic rings. The fraction of sp³-hybridized carbons (Fsp3) is 0.333. The smallest absolute Gasteiger partial charge is 0.0684 e. The molecule has 2 nitrogen and oxygen atoms in total. The van der Waals surface area contributed by atoms with Crippen molar-refractivity contribution in [2.45, 2.75) is 33.3 Å². The average molecular weight is 267 g/mol. The van der Waals surface area contributed by atoms with Gasteiger partial charge in [0.15, 0.2) is 0 Å². The lowest BCUT2D eigenvalue weighted by Gasteiger charge is -2.32. The number of aliphatic hydroxyl groups excluding tert-OH is 1. The summed E-state index contributed by atoms with van der Waals surface area (Å²) >= 11 is 0. The first-order chi connectivity index (χ1) is 9.69. The lowest BCUT2D eigenvalue weighted by atomic mass is 9.98. The number of benzene rings is 2. The number of nitrogens with zero attached hydrogens (tertiary/aromatic N) is 1. The van der Waals surface area contributed by atoms with Gasteiger partial charge in [-0.3, -0.25) is 0 Å². The second-order valence-electron chi connectivity index (χ2n) is 5.66. The third-order valence-corrected chi connectivity index (χ3v) is 4.16. The molecule has 0 saturated heterocycles. The van der Waals surface area contributed by atoms with Crippen LogP contribution in [0, 0.1) is 13.8 Å². The van der Waals surface area contributed by atoms with E-state index < -0.39 is 0 Å². The molecular formula is C18H21NO. The summed E-state index contributed by atoms with van der Waals surface area (Å²) in [5.74, 6) is 0. The van der Waals surface area contributed by atoms with Gasteiger partial charge in [0, 0.05) is 17.9 Å². The highest BCUT2D eigenvalue weighted by atomic mass is 16.3. The van der Waals surface area contributed by atoms with Crippen LogP contribution in [0.15, 0.2) is 36.4 Å². The van der Waals surface area contributed by atoms with Gasteiger partial charge in [0.2, 0.25) is 0 Å². The fourth-order valence-electron chi connectivity index (χ4n) is 3.02. The molecule has 1 heterocycles. The minimum Gasteiger partial charge on any atom is -0.392 e. The van der Waals surface area contributed by atoms with Crippen molar-refractivity contribution in [2.24, 2.45) is 0 Å². The second kappa shape index (κ2) is 5.29. The Morgan fingerprint density at radius 3 is 2.70 bits per heavy atom. The van der Waals surface area contributed by atoms with Crippen LogP contribution in [0.1, 0.15) is 28.7 Å². The van der Waals surface area contributed by atoms with Gasteiger partial charge in [-0.05, 0) is 61.6 Å². The summed E-state index contributed by atoms with van der Waals surface area (Å²) in [7, 11) is 0. The van der Waals surface area contributed by atoms with E-state index in [4.69, 9.17) is 0 Å². The second-order valence-corrected chi connectivity index (χ2v) is 5.66. The van der Waals surface area contributed by atoms with Crippen molar-refractivity contribution < 1.29 is 5.11 Å². The van der Waals surface area contributed by atoms with Crippen molar-refractivity contribution in [3.8, 4) is 0 Å². The molecule has 1 N–H and O–H groups in total. The van der Waals surface area contributed by atoms with Crippen LogP contribution in [0.5, 0.6) is 0 Å². The number of aliphatic hydroxyl groups is 1. The molecule has 0 amide bonds. The summed E-state index contributed by atoms with van der Waals surface area (Å²) in [4.78, 5) is 2.40. The number of fused-ring (bicyclic) bond motifs is 1. The highest BCUT2D eigenvalue weighted by molar-refractivity contribution is 5.69. The van der Waals surface area contributed by atoms with Gasteiger partial charge in [-0.25, -0.2) is 0 Å². The van der Waals surface area contributed by atoms with Crippen LogP contribution in [0.2, 0.25) is 0 Å². The summed E-state index contributed by atoms with van der Waals surface area (Å²) in [6, 6.07) is 13.1. The fourth-order valence-corrected chi connectivity index (χ4v) is 3.02. The molecule has 2 aromatic rings. The highest BCUT2D eigenvalue weighted by Crippen LogP contribution is 2.34. The zero-order valence-electron chi connectivity index (χ0n) is 12.2. The van der Waals surface area contributed by atoms with Gasteiger partial charge < -0.3 is 10.0 Å². The van der Waals surface area contributed by atoms with E-state index in [0.717, 1.165) is 17.7 Å². The largest absolute Gasteiger partial charge is 0.392 e. The molecule has 0 aliphatic carbocycles. The Kier molecular flexibility index (Phi) is 3.49. The van der Waals surface area contributed by atoms with Crippen molar-refractivity contribution in [1.82, 2.24) is 0 Å². The Morgan fingerprint density at radius 2 is 1.95 bits per heavy atom. The van der Waals surface area contributed by atoms with Crippen LogP contribution in [0.25, 0.3) is 0 Å². The molecule has 2 aromatic carbocycles. The standard InChI is InChI=1S/C18H21NO/c1-13-5-8-18-15(10-13)4-3-9-19(18)17-7-6-16(12-20)14(2)11-17/h5-8,10-11,20H,3-4,9,12H2,1-2H3. The van der Waals surface area contributed by atoms with Crippen molar-refractivity contribution in [2.75, 3.05) is 11.4 Å². The predicted octanol–water partition coefficient (Wildman–Crippen LogP) is 3.88. The van der Waals surface area contributed by atoms with Crippen molar-refractivity contribution >= 4 is 11.4 Å². The van der Waals surface area contributed by atoms with E-state index in [1.807, 2.05) is 6.07 Å². The predicted molar refractivity (Wildman–Crippen MR) is 83.6 cm³/mol. The van der Waals surface area contributed by atoms with Crippen LogP contribution >= 0.6 is 0 Å². The zero-order chi connectivity index (χ0) is 14.1. The molecule has 104 valence electrons. The molecule has 0 fully saturated rings. The molecule has 20 heavy (non-hydrogen) atoms. The molecular weight excluding hydrogens is 246 g/mol. The highest BCUT2D eigenvalue weighted by Gasteiger charge is 2.18. The van der Waals surface area contributed by atoms with Crippen LogP contribution < -0.4 is 4.90 Å². The number of hydrogen-bond acceptors (Lipinski definition) is 2. The molecule has 3 rings (SSSR count). The summed E-state index contributed by atoms with van der Waals surface area (Å²) in [5, 5.41) is 9.29. The number of anilines is 2. The minimum atomic E-state index is 0.113. The molecule has 0 spiro atoms. The number of hydrogen-bond donors (Lipinski definition) is 1. The first kappa shape index (κ1) is 13.2. The van der Waals surface area contributed by atoms with Crippen molar-refractivity contribution in [3.05, 3.63) is 58.7 Å². The van der Waals surface area contributed by atoms with Gasteiger partial charge in [-0.1, -0.05) is 23.8 Å². The maximum Gasteiger partial charge on any atom is 0.0684 e. The topological polar surface area (TPSA) is 23.5 Å². The third-order valence-electron chi connectivity index (χ3n) is 4.16. The third kappa shape index (κ3) is 2.32. The van der Waals surface area contributed by atoms with Crippen LogP contribution in [-0.4, -0.2) is 11.7 Å². The van der Waals surface area contributed by atoms with Gasteiger partial charge >= 0.3 is 0 Å². The molecule has 0 atom stereocenters. The monoisotopic (exact) mass is 267 g/mol. The van der Waals surface area contributed by atoms with E-state index in [0.29, 0.717) is 0 Å². The SMILES string of the molecule is Cc1ccc2c(c1)CCCN2c1ccc(CO)c(C)c1. The van der Waals surface area contributed by atoms with E-state index in [1.165, 1.54) is 35.3 Å². The Morgan fingerprint density at radius 1 is 1.10 bits per heavy atom. The van der Waals surface area contributed by atoms with E-state index in [1.54, 1.807) is 0 Å². The van der Waals surface area contributed by atoms with Gasteiger partial charge in [0.25, 0.3) is 0 Å².